The van der Waals surface area contributed by atoms with E-state index in [9.17, 15) is 4.91 Å². The van der Waals surface area contributed by atoms with E-state index >= 15 is 0 Å². The maximum atomic E-state index is 12.1. The molecule has 0 radical (unpaired) electrons. The molecule has 8 heteroatoms. The SMILES string of the molecule is Nc1ccn(-c2c3c(cc4nonc24)C=CCO3)[n+](=O)c1. The molecule has 104 valence electrons. The van der Waals surface area contributed by atoms with Gasteiger partial charge in [-0.15, -0.1) is 0 Å². The van der Waals surface area contributed by atoms with Gasteiger partial charge in [-0.2, -0.15) is 0 Å². The van der Waals surface area contributed by atoms with Crippen LogP contribution in [0.25, 0.3) is 22.8 Å². The summed E-state index contributed by atoms with van der Waals surface area (Å²) in [4.78, 5) is 12.1. The van der Waals surface area contributed by atoms with Crippen molar-refractivity contribution in [3.05, 3.63) is 41.1 Å². The van der Waals surface area contributed by atoms with E-state index in [2.05, 4.69) is 10.3 Å². The monoisotopic (exact) mass is 284 g/mol. The molecule has 4 rings (SSSR count). The lowest BCUT2D eigenvalue weighted by molar-refractivity contribution is -0.585. The number of nitrogen functional groups attached to an aromatic ring is 1. The van der Waals surface area contributed by atoms with Gasteiger partial charge >= 0.3 is 0 Å². The lowest BCUT2D eigenvalue weighted by Crippen LogP contribution is -2.30. The predicted molar refractivity (Wildman–Crippen MR) is 73.4 cm³/mol. The molecule has 0 aliphatic carbocycles. The summed E-state index contributed by atoms with van der Waals surface area (Å²) < 4.78 is 12.4. The second-order valence-corrected chi connectivity index (χ2v) is 4.58. The molecule has 3 heterocycles. The van der Waals surface area contributed by atoms with Crippen molar-refractivity contribution in [3.8, 4) is 11.4 Å². The standard InChI is InChI=1S/C13H10N5O3/c14-9-3-4-17(18(19)7-9)12-11-10(15-21-16-11)6-8-2-1-5-20-13(8)12/h1-4,6-7H,5,14H2/q+1. The zero-order chi connectivity index (χ0) is 14.4. The molecule has 21 heavy (non-hydrogen) atoms. The van der Waals surface area contributed by atoms with Gasteiger partial charge in [0.05, 0.1) is 11.1 Å². The first-order valence-corrected chi connectivity index (χ1v) is 6.23. The van der Waals surface area contributed by atoms with Gasteiger partial charge in [0, 0.05) is 5.56 Å². The molecule has 2 N–H and O–H groups in total. The van der Waals surface area contributed by atoms with Crippen molar-refractivity contribution < 1.29 is 13.9 Å². The Labute approximate surface area is 117 Å². The number of nitrogens with zero attached hydrogens (tertiary/aromatic N) is 4. The minimum atomic E-state index is 0.362. The van der Waals surface area contributed by atoms with E-state index in [1.807, 2.05) is 12.2 Å². The van der Waals surface area contributed by atoms with Gasteiger partial charge in [0.15, 0.2) is 21.5 Å². The summed E-state index contributed by atoms with van der Waals surface area (Å²) in [5.74, 6) is 0.556. The largest absolute Gasteiger partial charge is 0.486 e. The van der Waals surface area contributed by atoms with Crippen molar-refractivity contribution in [3.63, 3.8) is 0 Å². The minimum absolute atomic E-state index is 0.362. The first-order chi connectivity index (χ1) is 10.2. The van der Waals surface area contributed by atoms with Crippen LogP contribution in [0.5, 0.6) is 5.75 Å². The molecule has 0 fully saturated rings. The smallest absolute Gasteiger partial charge is 0.280 e. The second kappa shape index (κ2) is 4.17. The number of rotatable bonds is 1. The molecule has 1 aliphatic rings. The molecule has 1 aromatic carbocycles. The average Bonchev–Trinajstić information content (AvgIpc) is 2.93. The molecule has 0 spiro atoms. The van der Waals surface area contributed by atoms with E-state index in [0.717, 1.165) is 5.56 Å². The van der Waals surface area contributed by atoms with E-state index in [-0.39, 0.29) is 0 Å². The fraction of sp³-hybridized carbons (Fsp3) is 0.0769. The Morgan fingerprint density at radius 1 is 1.38 bits per heavy atom. The first-order valence-electron chi connectivity index (χ1n) is 6.23. The number of anilines is 1. The number of aromatic nitrogens is 4. The Morgan fingerprint density at radius 2 is 2.29 bits per heavy atom. The summed E-state index contributed by atoms with van der Waals surface area (Å²) in [6, 6.07) is 3.42. The highest BCUT2D eigenvalue weighted by Crippen LogP contribution is 2.35. The van der Waals surface area contributed by atoms with Crippen LogP contribution in [0.4, 0.5) is 5.69 Å². The van der Waals surface area contributed by atoms with Crippen molar-refractivity contribution >= 4 is 22.8 Å². The Hall–Kier alpha value is -3.16. The average molecular weight is 284 g/mol. The van der Waals surface area contributed by atoms with Crippen LogP contribution in [-0.4, -0.2) is 21.6 Å². The quantitative estimate of drug-likeness (QED) is 0.666. The van der Waals surface area contributed by atoms with Crippen LogP contribution in [0.2, 0.25) is 0 Å². The van der Waals surface area contributed by atoms with Crippen LogP contribution >= 0.6 is 0 Å². The summed E-state index contributed by atoms with van der Waals surface area (Å²) in [6.07, 6.45) is 6.60. The van der Waals surface area contributed by atoms with Gasteiger partial charge in [0.25, 0.3) is 6.20 Å². The van der Waals surface area contributed by atoms with Crippen molar-refractivity contribution in [1.82, 2.24) is 15.0 Å². The molecule has 1 aliphatic heterocycles. The van der Waals surface area contributed by atoms with Gasteiger partial charge < -0.3 is 10.5 Å². The van der Waals surface area contributed by atoms with Crippen molar-refractivity contribution in [2.45, 2.75) is 0 Å². The maximum absolute atomic E-state index is 12.1. The number of fused-ring (bicyclic) bond motifs is 2. The molecule has 0 unspecified atom stereocenters. The predicted octanol–water partition coefficient (Wildman–Crippen LogP) is 0.916. The number of nitrogens with two attached hydrogens (primary N) is 1. The molecule has 3 aromatic rings. The summed E-state index contributed by atoms with van der Waals surface area (Å²) in [6.45, 7) is 0.422. The Balaban J connectivity index is 2.14. The fourth-order valence-electron chi connectivity index (χ4n) is 2.33. The van der Waals surface area contributed by atoms with Crippen molar-refractivity contribution in [2.24, 2.45) is 0 Å². The lowest BCUT2D eigenvalue weighted by atomic mass is 10.1. The van der Waals surface area contributed by atoms with E-state index in [1.54, 1.807) is 18.3 Å². The number of benzene rings is 1. The highest BCUT2D eigenvalue weighted by Gasteiger charge is 2.24. The van der Waals surface area contributed by atoms with Crippen molar-refractivity contribution in [1.29, 1.82) is 0 Å². The van der Waals surface area contributed by atoms with Gasteiger partial charge in [-0.05, 0) is 28.5 Å². The van der Waals surface area contributed by atoms with E-state index < -0.39 is 0 Å². The summed E-state index contributed by atoms with van der Waals surface area (Å²) in [7, 11) is 0. The summed E-state index contributed by atoms with van der Waals surface area (Å²) >= 11 is 0. The van der Waals surface area contributed by atoms with Gasteiger partial charge in [-0.25, -0.2) is 4.63 Å². The number of ether oxygens (including phenoxy) is 1. The van der Waals surface area contributed by atoms with Crippen molar-refractivity contribution in [2.75, 3.05) is 12.3 Å². The third-order valence-corrected chi connectivity index (χ3v) is 3.24. The highest BCUT2D eigenvalue weighted by molar-refractivity contribution is 5.90. The topological polar surface area (TPSA) is 102 Å². The molecule has 0 amide bonds. The van der Waals surface area contributed by atoms with Gasteiger partial charge in [-0.1, -0.05) is 10.8 Å². The van der Waals surface area contributed by atoms with Crippen LogP contribution in [0.1, 0.15) is 5.56 Å². The van der Waals surface area contributed by atoms with Crippen LogP contribution in [-0.2, 0) is 0 Å². The number of hydrogen-bond donors (Lipinski definition) is 1. The van der Waals surface area contributed by atoms with E-state index in [1.165, 1.54) is 10.9 Å². The molecule has 0 bridgehead atoms. The third-order valence-electron chi connectivity index (χ3n) is 3.24. The molecule has 0 atom stereocenters. The zero-order valence-corrected chi connectivity index (χ0v) is 10.8. The maximum Gasteiger partial charge on any atom is 0.280 e. The zero-order valence-electron chi connectivity index (χ0n) is 10.8. The van der Waals surface area contributed by atoms with Crippen LogP contribution < -0.4 is 15.0 Å². The summed E-state index contributed by atoms with van der Waals surface area (Å²) in [5.41, 5.74) is 8.25. The van der Waals surface area contributed by atoms with E-state index in [4.69, 9.17) is 15.1 Å². The molecular weight excluding hydrogens is 274 g/mol. The third kappa shape index (κ3) is 1.69. The molecule has 0 saturated heterocycles. The lowest BCUT2D eigenvalue weighted by Gasteiger charge is -2.14. The van der Waals surface area contributed by atoms with Gasteiger partial charge in [0.1, 0.15) is 17.8 Å². The molecule has 8 nitrogen and oxygen atoms in total. The molecule has 2 aromatic heterocycles. The van der Waals surface area contributed by atoms with Crippen LogP contribution in [0.15, 0.2) is 35.2 Å². The van der Waals surface area contributed by atoms with E-state index in [0.29, 0.717) is 39.3 Å². The minimum Gasteiger partial charge on any atom is -0.486 e. The highest BCUT2D eigenvalue weighted by atomic mass is 16.6. The first kappa shape index (κ1) is 11.6. The Morgan fingerprint density at radius 3 is 3.14 bits per heavy atom. The van der Waals surface area contributed by atoms with Crippen LogP contribution in [0, 0.1) is 4.91 Å². The Bertz CT molecular complexity index is 941. The van der Waals surface area contributed by atoms with Gasteiger partial charge in [0.2, 0.25) is 0 Å². The Kier molecular flexibility index (Phi) is 2.31. The second-order valence-electron chi connectivity index (χ2n) is 4.58. The molecular formula is C13H10N5O3+. The number of hydrogen-bond acceptors (Lipinski definition) is 6. The summed E-state index contributed by atoms with van der Waals surface area (Å²) in [5, 5.41) is 7.71. The normalized spacial score (nSPS) is 13.1. The molecule has 0 saturated carbocycles. The van der Waals surface area contributed by atoms with Gasteiger partial charge in [-0.3, -0.25) is 0 Å². The fourth-order valence-corrected chi connectivity index (χ4v) is 2.33. The van der Waals surface area contributed by atoms with Crippen LogP contribution in [0.3, 0.4) is 0 Å².